The van der Waals surface area contributed by atoms with Crippen LogP contribution in [0.3, 0.4) is 0 Å². The highest BCUT2D eigenvalue weighted by molar-refractivity contribution is 5.57. The summed E-state index contributed by atoms with van der Waals surface area (Å²) in [6.07, 6.45) is 3.91. The molecule has 10 nitrogen and oxygen atoms in total. The maximum absolute atomic E-state index is 5.65. The molecular weight excluding hydrogens is 508 g/mol. The second kappa shape index (κ2) is 12.1. The first-order valence-electron chi connectivity index (χ1n) is 13.9. The number of hydrogen-bond donors (Lipinski definition) is 0. The van der Waals surface area contributed by atoms with E-state index in [1.54, 1.807) is 14.2 Å². The standard InChI is InChI=1S/C30H36N6O4/c1-37-25-7-3-22(4-8-25)20-35(21-23-5-9-26(38-2)10-6-23)30-33-29(34-13-17-40-18-14-34)32-28-27(19-31-36(28)30)24-11-15-39-16-12-24/h3-10,19,24H,11-18,20-21H2,1-2H3. The number of nitrogens with zero attached hydrogens (tertiary/aromatic N) is 6. The first-order valence-corrected chi connectivity index (χ1v) is 13.9. The Kier molecular flexibility index (Phi) is 7.97. The van der Waals surface area contributed by atoms with Crippen molar-refractivity contribution in [3.63, 3.8) is 0 Å². The number of rotatable bonds is 9. The second-order valence-electron chi connectivity index (χ2n) is 10.2. The largest absolute Gasteiger partial charge is 0.497 e. The lowest BCUT2D eigenvalue weighted by Gasteiger charge is -2.29. The zero-order valence-electron chi connectivity index (χ0n) is 23.2. The van der Waals surface area contributed by atoms with Crippen LogP contribution in [0.2, 0.25) is 0 Å². The Morgan fingerprint density at radius 1 is 0.800 bits per heavy atom. The van der Waals surface area contributed by atoms with Crippen molar-refractivity contribution in [2.45, 2.75) is 31.8 Å². The van der Waals surface area contributed by atoms with Crippen molar-refractivity contribution in [1.82, 2.24) is 19.6 Å². The van der Waals surface area contributed by atoms with Crippen molar-refractivity contribution >= 4 is 17.5 Å². The van der Waals surface area contributed by atoms with Gasteiger partial charge in [0.25, 0.3) is 0 Å². The lowest BCUT2D eigenvalue weighted by atomic mass is 9.94. The van der Waals surface area contributed by atoms with Crippen LogP contribution in [0.15, 0.2) is 54.7 Å². The minimum absolute atomic E-state index is 0.364. The van der Waals surface area contributed by atoms with Crippen LogP contribution in [-0.4, -0.2) is 73.3 Å². The first kappa shape index (κ1) is 26.3. The Labute approximate surface area is 234 Å². The highest BCUT2D eigenvalue weighted by Gasteiger charge is 2.26. The van der Waals surface area contributed by atoms with Crippen LogP contribution in [0.4, 0.5) is 11.9 Å². The number of aromatic nitrogens is 4. The minimum Gasteiger partial charge on any atom is -0.497 e. The predicted molar refractivity (Wildman–Crippen MR) is 152 cm³/mol. The van der Waals surface area contributed by atoms with Gasteiger partial charge in [0.15, 0.2) is 5.65 Å². The SMILES string of the molecule is COc1ccc(CN(Cc2ccc(OC)cc2)c2nc(N3CCOCC3)nc3c(C4CCOCC4)cnn23)cc1. The van der Waals surface area contributed by atoms with Crippen LogP contribution in [0, 0.1) is 0 Å². The van der Waals surface area contributed by atoms with Gasteiger partial charge in [-0.2, -0.15) is 19.6 Å². The molecule has 0 aliphatic carbocycles. The van der Waals surface area contributed by atoms with Gasteiger partial charge in [-0.15, -0.1) is 0 Å². The number of anilines is 2. The molecule has 0 radical (unpaired) electrons. The Hall–Kier alpha value is -3.89. The molecule has 2 saturated heterocycles. The molecule has 2 aliphatic heterocycles. The minimum atomic E-state index is 0.364. The van der Waals surface area contributed by atoms with Crippen LogP contribution in [-0.2, 0) is 22.6 Å². The van der Waals surface area contributed by atoms with E-state index in [9.17, 15) is 0 Å². The smallest absolute Gasteiger partial charge is 0.232 e. The molecular formula is C30H36N6O4. The molecule has 0 bridgehead atoms. The van der Waals surface area contributed by atoms with Crippen molar-refractivity contribution in [2.24, 2.45) is 0 Å². The summed E-state index contributed by atoms with van der Waals surface area (Å²) in [5.41, 5.74) is 4.32. The van der Waals surface area contributed by atoms with Gasteiger partial charge in [-0.25, -0.2) is 0 Å². The molecule has 0 amide bonds. The fourth-order valence-corrected chi connectivity index (χ4v) is 5.38. The van der Waals surface area contributed by atoms with Gasteiger partial charge in [0, 0.05) is 45.0 Å². The number of hydrogen-bond acceptors (Lipinski definition) is 9. The molecule has 6 rings (SSSR count). The lowest BCUT2D eigenvalue weighted by molar-refractivity contribution is 0.0855. The van der Waals surface area contributed by atoms with E-state index in [4.69, 9.17) is 34.0 Å². The number of methoxy groups -OCH3 is 2. The Morgan fingerprint density at radius 2 is 1.38 bits per heavy atom. The van der Waals surface area contributed by atoms with Crippen molar-refractivity contribution < 1.29 is 18.9 Å². The van der Waals surface area contributed by atoms with Crippen LogP contribution in [0.5, 0.6) is 11.5 Å². The maximum atomic E-state index is 5.65. The average molecular weight is 545 g/mol. The molecule has 0 N–H and O–H groups in total. The van der Waals surface area contributed by atoms with Crippen molar-refractivity contribution in [3.8, 4) is 11.5 Å². The molecule has 2 aromatic carbocycles. The predicted octanol–water partition coefficient (Wildman–Crippen LogP) is 4.08. The van der Waals surface area contributed by atoms with Crippen molar-refractivity contribution in [1.29, 1.82) is 0 Å². The molecule has 4 heterocycles. The van der Waals surface area contributed by atoms with Gasteiger partial charge in [-0.05, 0) is 54.2 Å². The molecule has 10 heteroatoms. The fraction of sp³-hybridized carbons (Fsp3) is 0.433. The van der Waals surface area contributed by atoms with E-state index < -0.39 is 0 Å². The van der Waals surface area contributed by atoms with Crippen LogP contribution >= 0.6 is 0 Å². The third-order valence-electron chi connectivity index (χ3n) is 7.67. The normalized spacial score (nSPS) is 16.3. The summed E-state index contributed by atoms with van der Waals surface area (Å²) < 4.78 is 24.0. The van der Waals surface area contributed by atoms with Gasteiger partial charge in [0.1, 0.15) is 11.5 Å². The highest BCUT2D eigenvalue weighted by Crippen LogP contribution is 2.32. The van der Waals surface area contributed by atoms with Crippen LogP contribution < -0.4 is 19.3 Å². The molecule has 4 aromatic rings. The zero-order chi connectivity index (χ0) is 27.3. The van der Waals surface area contributed by atoms with E-state index in [2.05, 4.69) is 34.1 Å². The van der Waals surface area contributed by atoms with Crippen molar-refractivity contribution in [3.05, 3.63) is 71.4 Å². The summed E-state index contributed by atoms with van der Waals surface area (Å²) in [6.45, 7) is 5.64. The summed E-state index contributed by atoms with van der Waals surface area (Å²) in [6, 6.07) is 16.4. The number of ether oxygens (including phenoxy) is 4. The van der Waals surface area contributed by atoms with E-state index >= 15 is 0 Å². The lowest BCUT2D eigenvalue weighted by Crippen LogP contribution is -2.38. The van der Waals surface area contributed by atoms with E-state index in [0.717, 1.165) is 78.9 Å². The van der Waals surface area contributed by atoms with E-state index in [-0.39, 0.29) is 0 Å². The van der Waals surface area contributed by atoms with Gasteiger partial charge in [-0.3, -0.25) is 0 Å². The van der Waals surface area contributed by atoms with Crippen LogP contribution in [0.25, 0.3) is 5.65 Å². The number of benzene rings is 2. The molecule has 0 spiro atoms. The van der Waals surface area contributed by atoms with Gasteiger partial charge >= 0.3 is 0 Å². The van der Waals surface area contributed by atoms with Gasteiger partial charge in [0.05, 0.1) is 33.6 Å². The van der Waals surface area contributed by atoms with E-state index in [1.807, 2.05) is 35.0 Å². The van der Waals surface area contributed by atoms with Crippen molar-refractivity contribution in [2.75, 3.05) is 63.5 Å². The molecule has 0 atom stereocenters. The fourth-order valence-electron chi connectivity index (χ4n) is 5.38. The molecule has 0 unspecified atom stereocenters. The van der Waals surface area contributed by atoms with Gasteiger partial charge in [0.2, 0.25) is 11.9 Å². The molecule has 40 heavy (non-hydrogen) atoms. The zero-order valence-corrected chi connectivity index (χ0v) is 23.2. The average Bonchev–Trinajstić information content (AvgIpc) is 3.46. The molecule has 2 fully saturated rings. The molecule has 2 aromatic heterocycles. The van der Waals surface area contributed by atoms with Crippen LogP contribution in [0.1, 0.15) is 35.4 Å². The number of morpholine rings is 1. The number of fused-ring (bicyclic) bond motifs is 1. The maximum Gasteiger partial charge on any atom is 0.232 e. The molecule has 0 saturated carbocycles. The summed E-state index contributed by atoms with van der Waals surface area (Å²) in [7, 11) is 3.37. The summed E-state index contributed by atoms with van der Waals surface area (Å²) in [5, 5.41) is 4.86. The monoisotopic (exact) mass is 544 g/mol. The highest BCUT2D eigenvalue weighted by atomic mass is 16.5. The van der Waals surface area contributed by atoms with E-state index in [0.29, 0.717) is 38.2 Å². The Morgan fingerprint density at radius 3 is 1.95 bits per heavy atom. The first-order chi connectivity index (χ1) is 19.7. The Balaban J connectivity index is 1.44. The third-order valence-corrected chi connectivity index (χ3v) is 7.67. The third kappa shape index (κ3) is 5.68. The summed E-state index contributed by atoms with van der Waals surface area (Å²) >= 11 is 0. The summed E-state index contributed by atoms with van der Waals surface area (Å²) in [4.78, 5) is 14.7. The van der Waals surface area contributed by atoms with E-state index in [1.165, 1.54) is 0 Å². The quantitative estimate of drug-likeness (QED) is 0.309. The molecule has 2 aliphatic rings. The van der Waals surface area contributed by atoms with Gasteiger partial charge < -0.3 is 28.7 Å². The second-order valence-corrected chi connectivity index (χ2v) is 10.2. The Bertz CT molecular complexity index is 1350. The summed E-state index contributed by atoms with van der Waals surface area (Å²) in [5.74, 6) is 3.50. The topological polar surface area (TPSA) is 86.5 Å². The van der Waals surface area contributed by atoms with Gasteiger partial charge in [-0.1, -0.05) is 24.3 Å². The molecule has 210 valence electrons.